The van der Waals surface area contributed by atoms with Gasteiger partial charge in [0.1, 0.15) is 5.15 Å². The second-order valence-electron chi connectivity index (χ2n) is 4.51. The second kappa shape index (κ2) is 5.84. The van der Waals surface area contributed by atoms with Crippen LogP contribution >= 0.6 is 27.5 Å². The minimum absolute atomic E-state index is 0.184. The number of carbonyl (C=O) groups is 1. The molecule has 0 fully saturated rings. The summed E-state index contributed by atoms with van der Waals surface area (Å²) in [4.78, 5) is 16.2. The standard InChI is InChI=1S/C16H10BrClN2O/c17-14-8-13(9-19-15(14)18)20-16(21)12-6-5-10-3-1-2-4-11(10)7-12/h1-9H,(H,20,21). The average Bonchev–Trinajstić information content (AvgIpc) is 2.50. The first-order valence-electron chi connectivity index (χ1n) is 6.25. The lowest BCUT2D eigenvalue weighted by Crippen LogP contribution is -2.12. The third-order valence-corrected chi connectivity index (χ3v) is 4.20. The lowest BCUT2D eigenvalue weighted by molar-refractivity contribution is 0.102. The van der Waals surface area contributed by atoms with E-state index in [-0.39, 0.29) is 5.91 Å². The van der Waals surface area contributed by atoms with Crippen LogP contribution in [0.5, 0.6) is 0 Å². The van der Waals surface area contributed by atoms with Crippen LogP contribution in [-0.2, 0) is 0 Å². The molecule has 0 saturated carbocycles. The van der Waals surface area contributed by atoms with Gasteiger partial charge in [-0.3, -0.25) is 4.79 Å². The number of halogens is 2. The van der Waals surface area contributed by atoms with Gasteiger partial charge in [-0.1, -0.05) is 41.9 Å². The number of fused-ring (bicyclic) bond motifs is 1. The zero-order valence-corrected chi connectivity index (χ0v) is 13.1. The Kier molecular flexibility index (Phi) is 3.90. The summed E-state index contributed by atoms with van der Waals surface area (Å²) in [7, 11) is 0. The number of rotatable bonds is 2. The van der Waals surface area contributed by atoms with Crippen LogP contribution in [0.3, 0.4) is 0 Å². The molecule has 0 atom stereocenters. The fourth-order valence-electron chi connectivity index (χ4n) is 2.02. The Morgan fingerprint density at radius 3 is 2.62 bits per heavy atom. The molecule has 1 aromatic heterocycles. The molecule has 0 aliphatic rings. The number of pyridine rings is 1. The summed E-state index contributed by atoms with van der Waals surface area (Å²) in [5.41, 5.74) is 1.18. The summed E-state index contributed by atoms with van der Waals surface area (Å²) in [6.07, 6.45) is 1.52. The topological polar surface area (TPSA) is 42.0 Å². The monoisotopic (exact) mass is 360 g/mol. The summed E-state index contributed by atoms with van der Waals surface area (Å²) in [6.45, 7) is 0. The van der Waals surface area contributed by atoms with Crippen LogP contribution < -0.4 is 5.32 Å². The van der Waals surface area contributed by atoms with E-state index in [1.165, 1.54) is 6.20 Å². The maximum absolute atomic E-state index is 12.3. The molecular formula is C16H10BrClN2O. The van der Waals surface area contributed by atoms with Gasteiger partial charge in [0.25, 0.3) is 5.91 Å². The Labute approximate surface area is 135 Å². The van der Waals surface area contributed by atoms with Crippen molar-refractivity contribution in [1.29, 1.82) is 0 Å². The number of hydrogen-bond acceptors (Lipinski definition) is 2. The van der Waals surface area contributed by atoms with Crippen molar-refractivity contribution < 1.29 is 4.79 Å². The van der Waals surface area contributed by atoms with Crippen molar-refractivity contribution in [3.8, 4) is 0 Å². The van der Waals surface area contributed by atoms with Gasteiger partial charge in [-0.05, 0) is 44.9 Å². The van der Waals surface area contributed by atoms with Gasteiger partial charge in [-0.2, -0.15) is 0 Å². The molecule has 0 bridgehead atoms. The van der Waals surface area contributed by atoms with E-state index in [2.05, 4.69) is 26.2 Å². The van der Waals surface area contributed by atoms with Crippen LogP contribution in [0.25, 0.3) is 10.8 Å². The van der Waals surface area contributed by atoms with Gasteiger partial charge in [0.15, 0.2) is 0 Å². The Hall–Kier alpha value is -1.91. The molecule has 0 unspecified atom stereocenters. The fraction of sp³-hybridized carbons (Fsp3) is 0. The lowest BCUT2D eigenvalue weighted by Gasteiger charge is -2.07. The van der Waals surface area contributed by atoms with Crippen molar-refractivity contribution >= 4 is 49.9 Å². The Bertz CT molecular complexity index is 835. The second-order valence-corrected chi connectivity index (χ2v) is 5.73. The van der Waals surface area contributed by atoms with Gasteiger partial charge in [-0.25, -0.2) is 4.98 Å². The molecule has 21 heavy (non-hydrogen) atoms. The first-order chi connectivity index (χ1) is 10.1. The minimum atomic E-state index is -0.184. The smallest absolute Gasteiger partial charge is 0.255 e. The molecule has 2 aromatic carbocycles. The predicted molar refractivity (Wildman–Crippen MR) is 88.8 cm³/mol. The van der Waals surface area contributed by atoms with Crippen molar-refractivity contribution in [3.63, 3.8) is 0 Å². The minimum Gasteiger partial charge on any atom is -0.321 e. The van der Waals surface area contributed by atoms with Gasteiger partial charge < -0.3 is 5.32 Å². The van der Waals surface area contributed by atoms with Crippen LogP contribution in [0.2, 0.25) is 5.15 Å². The maximum Gasteiger partial charge on any atom is 0.255 e. The van der Waals surface area contributed by atoms with E-state index in [9.17, 15) is 4.79 Å². The molecule has 5 heteroatoms. The molecule has 104 valence electrons. The quantitative estimate of drug-likeness (QED) is 0.659. The van der Waals surface area contributed by atoms with Crippen molar-refractivity contribution in [2.24, 2.45) is 0 Å². The van der Waals surface area contributed by atoms with E-state index in [0.717, 1.165) is 10.8 Å². The number of benzene rings is 2. The maximum atomic E-state index is 12.3. The van der Waals surface area contributed by atoms with E-state index in [1.807, 2.05) is 36.4 Å². The molecule has 1 N–H and O–H groups in total. The number of carbonyl (C=O) groups excluding carboxylic acids is 1. The molecule has 0 radical (unpaired) electrons. The van der Waals surface area contributed by atoms with Crippen molar-refractivity contribution in [2.75, 3.05) is 5.32 Å². The zero-order chi connectivity index (χ0) is 14.8. The van der Waals surface area contributed by atoms with Gasteiger partial charge in [0.05, 0.1) is 16.4 Å². The highest BCUT2D eigenvalue weighted by molar-refractivity contribution is 9.10. The van der Waals surface area contributed by atoms with Crippen LogP contribution in [0.15, 0.2) is 59.2 Å². The molecule has 3 aromatic rings. The molecular weight excluding hydrogens is 352 g/mol. The molecule has 0 aliphatic heterocycles. The Morgan fingerprint density at radius 2 is 1.86 bits per heavy atom. The summed E-state index contributed by atoms with van der Waals surface area (Å²) >= 11 is 9.11. The number of aromatic nitrogens is 1. The van der Waals surface area contributed by atoms with E-state index in [0.29, 0.717) is 20.9 Å². The first-order valence-corrected chi connectivity index (χ1v) is 7.42. The number of anilines is 1. The SMILES string of the molecule is O=C(Nc1cnc(Cl)c(Br)c1)c1ccc2ccccc2c1. The van der Waals surface area contributed by atoms with Gasteiger partial charge >= 0.3 is 0 Å². The fourth-order valence-corrected chi connectivity index (χ4v) is 2.48. The number of amides is 1. The third kappa shape index (κ3) is 3.06. The van der Waals surface area contributed by atoms with Gasteiger partial charge in [0.2, 0.25) is 0 Å². The number of hydrogen-bond donors (Lipinski definition) is 1. The highest BCUT2D eigenvalue weighted by Crippen LogP contribution is 2.23. The number of nitrogens with zero attached hydrogens (tertiary/aromatic N) is 1. The van der Waals surface area contributed by atoms with Gasteiger partial charge in [-0.15, -0.1) is 0 Å². The van der Waals surface area contributed by atoms with Crippen molar-refractivity contribution in [1.82, 2.24) is 4.98 Å². The van der Waals surface area contributed by atoms with E-state index in [4.69, 9.17) is 11.6 Å². The Morgan fingerprint density at radius 1 is 1.10 bits per heavy atom. The third-order valence-electron chi connectivity index (χ3n) is 3.07. The molecule has 1 heterocycles. The van der Waals surface area contributed by atoms with Crippen LogP contribution in [0.1, 0.15) is 10.4 Å². The van der Waals surface area contributed by atoms with Gasteiger partial charge in [0, 0.05) is 5.56 Å². The molecule has 0 saturated heterocycles. The summed E-state index contributed by atoms with van der Waals surface area (Å²) in [5.74, 6) is -0.184. The first kappa shape index (κ1) is 14.0. The highest BCUT2D eigenvalue weighted by Gasteiger charge is 2.08. The summed E-state index contributed by atoms with van der Waals surface area (Å²) in [6, 6.07) is 15.2. The Balaban J connectivity index is 1.87. The van der Waals surface area contributed by atoms with E-state index in [1.54, 1.807) is 12.1 Å². The van der Waals surface area contributed by atoms with Crippen molar-refractivity contribution in [3.05, 3.63) is 69.9 Å². The van der Waals surface area contributed by atoms with Crippen LogP contribution in [-0.4, -0.2) is 10.9 Å². The zero-order valence-electron chi connectivity index (χ0n) is 10.8. The summed E-state index contributed by atoms with van der Waals surface area (Å²) < 4.78 is 0.639. The molecule has 0 aliphatic carbocycles. The summed E-state index contributed by atoms with van der Waals surface area (Å²) in [5, 5.41) is 5.29. The highest BCUT2D eigenvalue weighted by atomic mass is 79.9. The molecule has 3 rings (SSSR count). The predicted octanol–water partition coefficient (Wildman–Crippen LogP) is 4.90. The normalized spacial score (nSPS) is 10.6. The molecule has 1 amide bonds. The average molecular weight is 362 g/mol. The van der Waals surface area contributed by atoms with Crippen LogP contribution in [0, 0.1) is 0 Å². The molecule has 0 spiro atoms. The van der Waals surface area contributed by atoms with Crippen molar-refractivity contribution in [2.45, 2.75) is 0 Å². The largest absolute Gasteiger partial charge is 0.321 e. The molecule has 3 nitrogen and oxygen atoms in total. The van der Waals surface area contributed by atoms with E-state index >= 15 is 0 Å². The lowest BCUT2D eigenvalue weighted by atomic mass is 10.1. The van der Waals surface area contributed by atoms with Crippen LogP contribution in [0.4, 0.5) is 5.69 Å². The number of nitrogens with one attached hydrogen (secondary N) is 1. The van der Waals surface area contributed by atoms with E-state index < -0.39 is 0 Å².